The van der Waals surface area contributed by atoms with Crippen LogP contribution in [0.1, 0.15) is 36.5 Å². The Kier molecular flexibility index (Phi) is 7.45. The summed E-state index contributed by atoms with van der Waals surface area (Å²) in [6.07, 6.45) is 1.22. The van der Waals surface area contributed by atoms with Gasteiger partial charge in [-0.3, -0.25) is 9.59 Å². The minimum Gasteiger partial charge on any atom is -0.481 e. The summed E-state index contributed by atoms with van der Waals surface area (Å²) < 4.78 is 0. The number of rotatable bonds is 8. The van der Waals surface area contributed by atoms with Gasteiger partial charge in [0.25, 0.3) is 5.91 Å². The number of anilines is 1. The molecule has 0 saturated carbocycles. The summed E-state index contributed by atoms with van der Waals surface area (Å²) in [5.41, 5.74) is 0.969. The third-order valence-corrected chi connectivity index (χ3v) is 2.77. The maximum Gasteiger partial charge on any atom is 0.319 e. The van der Waals surface area contributed by atoms with Crippen LogP contribution < -0.4 is 16.0 Å². The molecule has 0 aliphatic carbocycles. The van der Waals surface area contributed by atoms with Crippen LogP contribution in [0.2, 0.25) is 0 Å². The van der Waals surface area contributed by atoms with Gasteiger partial charge in [-0.25, -0.2) is 4.79 Å². The molecule has 4 N–H and O–H groups in total. The van der Waals surface area contributed by atoms with Crippen molar-refractivity contribution in [1.82, 2.24) is 10.6 Å². The van der Waals surface area contributed by atoms with Gasteiger partial charge in [0.1, 0.15) is 0 Å². The fraction of sp³-hybridized carbons (Fsp3) is 0.400. The van der Waals surface area contributed by atoms with Crippen molar-refractivity contribution in [3.63, 3.8) is 0 Å². The van der Waals surface area contributed by atoms with Gasteiger partial charge in [0.05, 0.1) is 0 Å². The van der Waals surface area contributed by atoms with Crippen molar-refractivity contribution in [2.45, 2.75) is 26.2 Å². The minimum absolute atomic E-state index is 0.00731. The lowest BCUT2D eigenvalue weighted by atomic mass is 10.2. The van der Waals surface area contributed by atoms with E-state index in [1.165, 1.54) is 0 Å². The minimum atomic E-state index is -0.895. The number of urea groups is 1. The molecule has 0 radical (unpaired) electrons. The number of carbonyl (C=O) groups excluding carboxylic acids is 2. The number of carboxylic acids is 1. The maximum absolute atomic E-state index is 11.8. The van der Waals surface area contributed by atoms with Crippen molar-refractivity contribution in [2.75, 3.05) is 18.4 Å². The molecule has 1 aromatic rings. The van der Waals surface area contributed by atoms with Crippen LogP contribution in [-0.4, -0.2) is 36.1 Å². The molecule has 1 rings (SSSR count). The van der Waals surface area contributed by atoms with E-state index in [9.17, 15) is 14.4 Å². The van der Waals surface area contributed by atoms with Crippen molar-refractivity contribution in [3.8, 4) is 0 Å². The van der Waals surface area contributed by atoms with Gasteiger partial charge in [-0.05, 0) is 31.0 Å². The SMILES string of the molecule is CCCNC(=O)c1cccc(NC(=O)NCCCC(=O)O)c1. The zero-order valence-electron chi connectivity index (χ0n) is 12.5. The van der Waals surface area contributed by atoms with Crippen LogP contribution in [0.3, 0.4) is 0 Å². The van der Waals surface area contributed by atoms with E-state index >= 15 is 0 Å². The Balaban J connectivity index is 2.46. The highest BCUT2D eigenvalue weighted by atomic mass is 16.4. The molecule has 0 aromatic heterocycles. The molecule has 0 aliphatic heterocycles. The van der Waals surface area contributed by atoms with Gasteiger partial charge in [0.2, 0.25) is 0 Å². The first-order valence-electron chi connectivity index (χ1n) is 7.18. The summed E-state index contributed by atoms with van der Waals surface area (Å²) >= 11 is 0. The average Bonchev–Trinajstić information content (AvgIpc) is 2.49. The normalized spacial score (nSPS) is 9.86. The predicted octanol–water partition coefficient (Wildman–Crippen LogP) is 1.81. The van der Waals surface area contributed by atoms with E-state index in [1.807, 2.05) is 6.92 Å². The van der Waals surface area contributed by atoms with Crippen LogP contribution in [-0.2, 0) is 4.79 Å². The second-order valence-electron chi connectivity index (χ2n) is 4.71. The van der Waals surface area contributed by atoms with E-state index < -0.39 is 12.0 Å². The number of hydrogen-bond acceptors (Lipinski definition) is 3. The number of hydrogen-bond donors (Lipinski definition) is 4. The monoisotopic (exact) mass is 307 g/mol. The van der Waals surface area contributed by atoms with Gasteiger partial charge in [-0.15, -0.1) is 0 Å². The second kappa shape index (κ2) is 9.38. The van der Waals surface area contributed by atoms with E-state index in [-0.39, 0.29) is 18.9 Å². The van der Waals surface area contributed by atoms with Crippen LogP contribution in [0.4, 0.5) is 10.5 Å². The molecular weight excluding hydrogens is 286 g/mol. The molecule has 0 spiro atoms. The van der Waals surface area contributed by atoms with Crippen LogP contribution in [0.5, 0.6) is 0 Å². The molecule has 0 saturated heterocycles. The molecule has 0 unspecified atom stereocenters. The smallest absolute Gasteiger partial charge is 0.319 e. The molecule has 22 heavy (non-hydrogen) atoms. The van der Waals surface area contributed by atoms with Crippen LogP contribution >= 0.6 is 0 Å². The zero-order valence-corrected chi connectivity index (χ0v) is 12.5. The van der Waals surface area contributed by atoms with Gasteiger partial charge in [-0.2, -0.15) is 0 Å². The first-order valence-corrected chi connectivity index (χ1v) is 7.18. The summed E-state index contributed by atoms with van der Waals surface area (Å²) in [5, 5.41) is 16.4. The topological polar surface area (TPSA) is 108 Å². The zero-order chi connectivity index (χ0) is 16.4. The van der Waals surface area contributed by atoms with Crippen molar-refractivity contribution < 1.29 is 19.5 Å². The third-order valence-electron chi connectivity index (χ3n) is 2.77. The molecule has 7 nitrogen and oxygen atoms in total. The van der Waals surface area contributed by atoms with Gasteiger partial charge < -0.3 is 21.1 Å². The van der Waals surface area contributed by atoms with E-state index in [0.717, 1.165) is 6.42 Å². The highest BCUT2D eigenvalue weighted by Gasteiger charge is 2.07. The number of amides is 3. The van der Waals surface area contributed by atoms with Gasteiger partial charge in [-0.1, -0.05) is 13.0 Å². The summed E-state index contributed by atoms with van der Waals surface area (Å²) in [7, 11) is 0. The fourth-order valence-electron chi connectivity index (χ4n) is 1.70. The Bertz CT molecular complexity index is 531. The van der Waals surface area contributed by atoms with Crippen molar-refractivity contribution in [1.29, 1.82) is 0 Å². The average molecular weight is 307 g/mol. The quantitative estimate of drug-likeness (QED) is 0.549. The molecule has 0 fully saturated rings. The number of aliphatic carboxylic acids is 1. The number of carbonyl (C=O) groups is 3. The Morgan fingerprint density at radius 1 is 1.14 bits per heavy atom. The summed E-state index contributed by atoms with van der Waals surface area (Å²) in [6.45, 7) is 2.84. The summed E-state index contributed by atoms with van der Waals surface area (Å²) in [5.74, 6) is -1.08. The van der Waals surface area contributed by atoms with Crippen LogP contribution in [0.25, 0.3) is 0 Å². The molecule has 120 valence electrons. The van der Waals surface area contributed by atoms with Crippen LogP contribution in [0.15, 0.2) is 24.3 Å². The highest BCUT2D eigenvalue weighted by Crippen LogP contribution is 2.10. The molecule has 0 atom stereocenters. The van der Waals surface area contributed by atoms with Gasteiger partial charge in [0.15, 0.2) is 0 Å². The van der Waals surface area contributed by atoms with E-state index in [0.29, 0.717) is 24.2 Å². The van der Waals surface area contributed by atoms with Crippen molar-refractivity contribution >= 4 is 23.6 Å². The van der Waals surface area contributed by atoms with Crippen molar-refractivity contribution in [3.05, 3.63) is 29.8 Å². The fourth-order valence-corrected chi connectivity index (χ4v) is 1.70. The summed E-state index contributed by atoms with van der Waals surface area (Å²) in [6, 6.07) is 6.17. The second-order valence-corrected chi connectivity index (χ2v) is 4.71. The Morgan fingerprint density at radius 3 is 2.59 bits per heavy atom. The van der Waals surface area contributed by atoms with Crippen LogP contribution in [0, 0.1) is 0 Å². The first kappa shape index (κ1) is 17.5. The van der Waals surface area contributed by atoms with E-state index in [2.05, 4.69) is 16.0 Å². The lowest BCUT2D eigenvalue weighted by Crippen LogP contribution is -2.30. The molecule has 0 aliphatic rings. The Morgan fingerprint density at radius 2 is 1.91 bits per heavy atom. The molecule has 1 aromatic carbocycles. The largest absolute Gasteiger partial charge is 0.481 e. The third kappa shape index (κ3) is 6.74. The van der Waals surface area contributed by atoms with Crippen molar-refractivity contribution in [2.24, 2.45) is 0 Å². The lowest BCUT2D eigenvalue weighted by Gasteiger charge is -2.09. The molecule has 7 heteroatoms. The molecule has 0 heterocycles. The standard InChI is InChI=1S/C15H21N3O4/c1-2-8-16-14(21)11-5-3-6-12(10-11)18-15(22)17-9-4-7-13(19)20/h3,5-6,10H,2,4,7-9H2,1H3,(H,16,21)(H,19,20)(H2,17,18,22). The Hall–Kier alpha value is -2.57. The Labute approximate surface area is 129 Å². The maximum atomic E-state index is 11.8. The molecule has 0 bridgehead atoms. The van der Waals surface area contributed by atoms with E-state index in [1.54, 1.807) is 24.3 Å². The number of benzene rings is 1. The van der Waals surface area contributed by atoms with Gasteiger partial charge in [0, 0.05) is 30.8 Å². The number of carboxylic acid groups (broad SMARTS) is 1. The highest BCUT2D eigenvalue weighted by molar-refractivity contribution is 5.96. The predicted molar refractivity (Wildman–Crippen MR) is 83.0 cm³/mol. The lowest BCUT2D eigenvalue weighted by molar-refractivity contribution is -0.137. The number of nitrogens with one attached hydrogen (secondary N) is 3. The van der Waals surface area contributed by atoms with Gasteiger partial charge >= 0.3 is 12.0 Å². The summed E-state index contributed by atoms with van der Waals surface area (Å²) in [4.78, 5) is 33.8. The first-order chi connectivity index (χ1) is 10.5. The van der Waals surface area contributed by atoms with E-state index in [4.69, 9.17) is 5.11 Å². The molecular formula is C15H21N3O4. The molecule has 3 amide bonds.